The van der Waals surface area contributed by atoms with E-state index >= 15 is 0 Å². The van der Waals surface area contributed by atoms with Gasteiger partial charge in [0.05, 0.1) is 12.6 Å². The lowest BCUT2D eigenvalue weighted by Gasteiger charge is -2.29. The zero-order chi connectivity index (χ0) is 11.6. The van der Waals surface area contributed by atoms with E-state index in [-0.39, 0.29) is 24.2 Å². The molecule has 4 heteroatoms. The number of carbonyl (C=O) groups excluding carboxylic acids is 1. The zero-order valence-electron chi connectivity index (χ0n) is 10.1. The van der Waals surface area contributed by atoms with Gasteiger partial charge in [0.1, 0.15) is 0 Å². The Balaban J connectivity index is 2.60. The molecule has 1 aliphatic rings. The second-order valence-electron chi connectivity index (χ2n) is 5.39. The van der Waals surface area contributed by atoms with Crippen molar-refractivity contribution in [3.8, 4) is 0 Å². The minimum Gasteiger partial charge on any atom is -0.394 e. The number of likely N-dealkylation sites (tertiary alicyclic amines) is 1. The fourth-order valence-electron chi connectivity index (χ4n) is 1.93. The van der Waals surface area contributed by atoms with Gasteiger partial charge >= 0.3 is 6.03 Å². The summed E-state index contributed by atoms with van der Waals surface area (Å²) in [5.74, 6) is 0.390. The quantitative estimate of drug-likeness (QED) is 0.689. The highest BCUT2D eigenvalue weighted by atomic mass is 16.3. The molecule has 1 aliphatic heterocycles. The molecule has 0 bridgehead atoms. The molecule has 1 rings (SSSR count). The highest BCUT2D eigenvalue weighted by Crippen LogP contribution is 2.23. The normalized spacial score (nSPS) is 26.9. The Kier molecular flexibility index (Phi) is 3.60. The number of nitrogens with one attached hydrogen (secondary N) is 1. The Morgan fingerprint density at radius 2 is 2.13 bits per heavy atom. The van der Waals surface area contributed by atoms with Crippen LogP contribution >= 0.6 is 0 Å². The second-order valence-corrected chi connectivity index (χ2v) is 5.39. The lowest BCUT2D eigenvalue weighted by atomic mass is 10.0. The molecule has 0 radical (unpaired) electrons. The van der Waals surface area contributed by atoms with Crippen LogP contribution in [0.1, 0.15) is 34.1 Å². The van der Waals surface area contributed by atoms with Crippen LogP contribution in [0.15, 0.2) is 0 Å². The maximum atomic E-state index is 11.9. The Morgan fingerprint density at radius 1 is 1.53 bits per heavy atom. The molecule has 2 unspecified atom stereocenters. The largest absolute Gasteiger partial charge is 0.394 e. The third-order valence-electron chi connectivity index (χ3n) is 2.81. The number of aliphatic hydroxyl groups is 1. The predicted molar refractivity (Wildman–Crippen MR) is 59.6 cm³/mol. The predicted octanol–water partition coefficient (Wildman–Crippen LogP) is 1.20. The average Bonchev–Trinajstić information content (AvgIpc) is 2.43. The fourth-order valence-corrected chi connectivity index (χ4v) is 1.93. The van der Waals surface area contributed by atoms with Crippen LogP contribution in [0.2, 0.25) is 0 Å². The van der Waals surface area contributed by atoms with Crippen LogP contribution in [0.3, 0.4) is 0 Å². The maximum absolute atomic E-state index is 11.9. The molecule has 2 N–H and O–H groups in total. The van der Waals surface area contributed by atoms with Crippen molar-refractivity contribution in [2.24, 2.45) is 5.92 Å². The van der Waals surface area contributed by atoms with E-state index in [0.29, 0.717) is 5.92 Å². The highest BCUT2D eigenvalue weighted by Gasteiger charge is 2.34. The lowest BCUT2D eigenvalue weighted by Crippen LogP contribution is -2.51. The van der Waals surface area contributed by atoms with Gasteiger partial charge in [0.15, 0.2) is 0 Å². The number of nitrogens with zero attached hydrogens (tertiary/aromatic N) is 1. The Morgan fingerprint density at radius 3 is 2.60 bits per heavy atom. The van der Waals surface area contributed by atoms with Gasteiger partial charge in [0.25, 0.3) is 0 Å². The Hall–Kier alpha value is -0.770. The van der Waals surface area contributed by atoms with Gasteiger partial charge in [0, 0.05) is 12.1 Å². The molecule has 0 aliphatic carbocycles. The summed E-state index contributed by atoms with van der Waals surface area (Å²) >= 11 is 0. The molecule has 2 atom stereocenters. The monoisotopic (exact) mass is 214 g/mol. The van der Waals surface area contributed by atoms with Gasteiger partial charge in [-0.15, -0.1) is 0 Å². The number of urea groups is 1. The van der Waals surface area contributed by atoms with Crippen LogP contribution in [0.5, 0.6) is 0 Å². The molecule has 0 aromatic heterocycles. The summed E-state index contributed by atoms with van der Waals surface area (Å²) in [6.45, 7) is 8.74. The maximum Gasteiger partial charge on any atom is 0.318 e. The molecule has 1 fully saturated rings. The number of hydrogen-bond donors (Lipinski definition) is 2. The molecule has 2 amide bonds. The van der Waals surface area contributed by atoms with Crippen LogP contribution in [-0.4, -0.2) is 40.8 Å². The van der Waals surface area contributed by atoms with Crippen molar-refractivity contribution in [2.75, 3.05) is 13.2 Å². The van der Waals surface area contributed by atoms with Crippen molar-refractivity contribution >= 4 is 6.03 Å². The summed E-state index contributed by atoms with van der Waals surface area (Å²) in [4.78, 5) is 13.6. The van der Waals surface area contributed by atoms with Crippen molar-refractivity contribution in [1.29, 1.82) is 0 Å². The second kappa shape index (κ2) is 4.39. The van der Waals surface area contributed by atoms with Gasteiger partial charge in [-0.05, 0) is 33.1 Å². The molecule has 0 spiro atoms. The minimum atomic E-state index is -0.219. The molecule has 0 aromatic rings. The standard InChI is InChI=1S/C11H22N2O2/c1-8-5-6-13(9(8)7-14)10(15)12-11(2,3)4/h8-9,14H,5-7H2,1-4H3,(H,12,15). The van der Waals surface area contributed by atoms with Crippen molar-refractivity contribution in [2.45, 2.75) is 45.7 Å². The summed E-state index contributed by atoms with van der Waals surface area (Å²) in [6, 6.07) is -0.0850. The van der Waals surface area contributed by atoms with Gasteiger partial charge < -0.3 is 15.3 Å². The van der Waals surface area contributed by atoms with Crippen LogP contribution in [0, 0.1) is 5.92 Å². The topological polar surface area (TPSA) is 52.6 Å². The molecular weight excluding hydrogens is 192 g/mol. The van der Waals surface area contributed by atoms with E-state index in [1.165, 1.54) is 0 Å². The number of amides is 2. The van der Waals surface area contributed by atoms with Gasteiger partial charge in [-0.2, -0.15) is 0 Å². The van der Waals surface area contributed by atoms with E-state index in [9.17, 15) is 9.90 Å². The van der Waals surface area contributed by atoms with Crippen molar-refractivity contribution < 1.29 is 9.90 Å². The first-order valence-corrected chi connectivity index (χ1v) is 5.55. The molecule has 88 valence electrons. The van der Waals surface area contributed by atoms with Crippen LogP contribution < -0.4 is 5.32 Å². The third kappa shape index (κ3) is 3.09. The molecule has 1 saturated heterocycles. The van der Waals surface area contributed by atoms with E-state index in [0.717, 1.165) is 13.0 Å². The van der Waals surface area contributed by atoms with Gasteiger partial charge in [0.2, 0.25) is 0 Å². The Bertz CT molecular complexity index is 235. The SMILES string of the molecule is CC1CCN(C(=O)NC(C)(C)C)C1CO. The number of rotatable bonds is 1. The van der Waals surface area contributed by atoms with E-state index < -0.39 is 0 Å². The fraction of sp³-hybridized carbons (Fsp3) is 0.909. The summed E-state index contributed by atoms with van der Waals surface area (Å²) in [6.07, 6.45) is 0.975. The van der Waals surface area contributed by atoms with E-state index in [1.54, 1.807) is 4.90 Å². The molecule has 0 saturated carbocycles. The summed E-state index contributed by atoms with van der Waals surface area (Å²) < 4.78 is 0. The number of carbonyl (C=O) groups is 1. The van der Waals surface area contributed by atoms with Gasteiger partial charge in [-0.1, -0.05) is 6.92 Å². The van der Waals surface area contributed by atoms with Crippen molar-refractivity contribution in [1.82, 2.24) is 10.2 Å². The first-order chi connectivity index (χ1) is 6.85. The van der Waals surface area contributed by atoms with Crippen LogP contribution in [0.25, 0.3) is 0 Å². The smallest absolute Gasteiger partial charge is 0.318 e. The average molecular weight is 214 g/mol. The Labute approximate surface area is 91.6 Å². The van der Waals surface area contributed by atoms with Crippen molar-refractivity contribution in [3.05, 3.63) is 0 Å². The van der Waals surface area contributed by atoms with E-state index in [4.69, 9.17) is 0 Å². The van der Waals surface area contributed by atoms with Crippen LogP contribution in [0.4, 0.5) is 4.79 Å². The molecule has 15 heavy (non-hydrogen) atoms. The molecule has 4 nitrogen and oxygen atoms in total. The molecule has 0 aromatic carbocycles. The zero-order valence-corrected chi connectivity index (χ0v) is 10.1. The number of aliphatic hydroxyl groups excluding tert-OH is 1. The van der Waals surface area contributed by atoms with E-state index in [1.807, 2.05) is 20.8 Å². The van der Waals surface area contributed by atoms with Gasteiger partial charge in [-0.3, -0.25) is 0 Å². The molecule has 1 heterocycles. The third-order valence-corrected chi connectivity index (χ3v) is 2.81. The van der Waals surface area contributed by atoms with E-state index in [2.05, 4.69) is 12.2 Å². The first kappa shape index (κ1) is 12.3. The summed E-state index contributed by atoms with van der Waals surface area (Å²) in [5.41, 5.74) is -0.219. The van der Waals surface area contributed by atoms with Gasteiger partial charge in [-0.25, -0.2) is 4.79 Å². The number of hydrogen-bond acceptors (Lipinski definition) is 2. The highest BCUT2D eigenvalue weighted by molar-refractivity contribution is 5.75. The van der Waals surface area contributed by atoms with Crippen molar-refractivity contribution in [3.63, 3.8) is 0 Å². The summed E-state index contributed by atoms with van der Waals surface area (Å²) in [5, 5.41) is 12.2. The summed E-state index contributed by atoms with van der Waals surface area (Å²) in [7, 11) is 0. The minimum absolute atomic E-state index is 0.0210. The van der Waals surface area contributed by atoms with Crippen LogP contribution in [-0.2, 0) is 0 Å². The lowest BCUT2D eigenvalue weighted by molar-refractivity contribution is 0.139. The first-order valence-electron chi connectivity index (χ1n) is 5.55. The molecular formula is C11H22N2O2.